The molecule has 2 aromatic heterocycles. The quantitative estimate of drug-likeness (QED) is 0.770. The highest BCUT2D eigenvalue weighted by Gasteiger charge is 2.30. The number of carbonyl (C=O) groups is 1. The van der Waals surface area contributed by atoms with Crippen molar-refractivity contribution in [2.24, 2.45) is 5.92 Å². The minimum Gasteiger partial charge on any atom is -0.342 e. The number of rotatable bonds is 5. The van der Waals surface area contributed by atoms with E-state index < -0.39 is 0 Å². The van der Waals surface area contributed by atoms with Crippen LogP contribution in [-0.2, 0) is 4.79 Å². The summed E-state index contributed by atoms with van der Waals surface area (Å²) in [4.78, 5) is 18.7. The van der Waals surface area contributed by atoms with E-state index >= 15 is 0 Å². The van der Waals surface area contributed by atoms with Gasteiger partial charge in [-0.05, 0) is 43.7 Å². The number of aromatic nitrogens is 4. The van der Waals surface area contributed by atoms with Crippen molar-refractivity contribution >= 4 is 17.7 Å². The molecule has 0 bridgehead atoms. The van der Waals surface area contributed by atoms with Gasteiger partial charge in [0, 0.05) is 37.1 Å². The van der Waals surface area contributed by atoms with E-state index in [1.165, 1.54) is 11.8 Å². The Kier molecular flexibility index (Phi) is 4.74. The lowest BCUT2D eigenvalue weighted by Gasteiger charge is -2.30. The summed E-state index contributed by atoms with van der Waals surface area (Å²) in [7, 11) is 0. The summed E-state index contributed by atoms with van der Waals surface area (Å²) in [6.45, 7) is 4.03. The Hall–Kier alpha value is -1.89. The molecule has 0 spiro atoms. The second-order valence-corrected chi connectivity index (χ2v) is 7.94. The third-order valence-corrected chi connectivity index (χ3v) is 5.89. The van der Waals surface area contributed by atoms with Crippen molar-refractivity contribution in [2.45, 2.75) is 43.8 Å². The number of nitrogens with zero attached hydrogens (tertiary/aromatic N) is 5. The molecule has 1 aliphatic heterocycles. The Labute approximate surface area is 152 Å². The van der Waals surface area contributed by atoms with Crippen LogP contribution in [0.1, 0.15) is 38.6 Å². The minimum absolute atomic E-state index is 0.213. The van der Waals surface area contributed by atoms with Crippen LogP contribution in [0.3, 0.4) is 0 Å². The lowest BCUT2D eigenvalue weighted by atomic mass is 9.99. The first kappa shape index (κ1) is 16.6. The van der Waals surface area contributed by atoms with Crippen LogP contribution in [0.15, 0.2) is 29.7 Å². The molecule has 1 aliphatic carbocycles. The van der Waals surface area contributed by atoms with E-state index in [1.807, 2.05) is 23.2 Å². The second kappa shape index (κ2) is 7.15. The Morgan fingerprint density at radius 1 is 1.24 bits per heavy atom. The largest absolute Gasteiger partial charge is 0.342 e. The molecule has 1 amide bonds. The lowest BCUT2D eigenvalue weighted by Crippen LogP contribution is -2.38. The van der Waals surface area contributed by atoms with E-state index in [-0.39, 0.29) is 5.91 Å². The van der Waals surface area contributed by atoms with Gasteiger partial charge in [0.05, 0.1) is 5.75 Å². The molecule has 25 heavy (non-hydrogen) atoms. The van der Waals surface area contributed by atoms with Crippen molar-refractivity contribution in [1.29, 1.82) is 0 Å². The van der Waals surface area contributed by atoms with Crippen LogP contribution < -0.4 is 0 Å². The molecule has 2 aromatic rings. The normalized spacial score (nSPS) is 18.5. The average molecular weight is 357 g/mol. The summed E-state index contributed by atoms with van der Waals surface area (Å²) < 4.78 is 2.19. The van der Waals surface area contributed by atoms with Crippen molar-refractivity contribution in [3.63, 3.8) is 0 Å². The first-order valence-corrected chi connectivity index (χ1v) is 9.97. The predicted octanol–water partition coefficient (Wildman–Crippen LogP) is 3.03. The van der Waals surface area contributed by atoms with Crippen LogP contribution in [0.4, 0.5) is 0 Å². The third kappa shape index (κ3) is 3.71. The molecule has 1 saturated heterocycles. The average Bonchev–Trinajstić information content (AvgIpc) is 3.40. The first-order valence-electron chi connectivity index (χ1n) is 8.98. The van der Waals surface area contributed by atoms with E-state index in [9.17, 15) is 4.79 Å². The molecule has 2 aliphatic rings. The van der Waals surface area contributed by atoms with Crippen LogP contribution in [0.5, 0.6) is 0 Å². The lowest BCUT2D eigenvalue weighted by molar-refractivity contribution is -0.129. The van der Waals surface area contributed by atoms with Gasteiger partial charge in [-0.25, -0.2) is 0 Å². The van der Waals surface area contributed by atoms with Crippen LogP contribution in [0, 0.1) is 5.92 Å². The highest BCUT2D eigenvalue weighted by Crippen LogP contribution is 2.41. The molecule has 7 heteroatoms. The fraction of sp³-hybridized carbons (Fsp3) is 0.556. The number of piperidine rings is 1. The van der Waals surface area contributed by atoms with E-state index in [2.05, 4.69) is 26.7 Å². The molecule has 0 aromatic carbocycles. The van der Waals surface area contributed by atoms with E-state index in [1.54, 1.807) is 6.20 Å². The molecule has 1 saturated carbocycles. The summed E-state index contributed by atoms with van der Waals surface area (Å²) >= 11 is 1.51. The third-order valence-electron chi connectivity index (χ3n) is 4.96. The summed E-state index contributed by atoms with van der Waals surface area (Å²) in [5.41, 5.74) is 0.977. The van der Waals surface area contributed by atoms with Crippen LogP contribution >= 0.6 is 11.8 Å². The van der Waals surface area contributed by atoms with Crippen molar-refractivity contribution < 1.29 is 4.79 Å². The van der Waals surface area contributed by atoms with Gasteiger partial charge in [-0.3, -0.25) is 14.3 Å². The maximum Gasteiger partial charge on any atom is 0.233 e. The Bertz CT molecular complexity index is 735. The smallest absolute Gasteiger partial charge is 0.233 e. The monoisotopic (exact) mass is 357 g/mol. The molecule has 0 radical (unpaired) electrons. The fourth-order valence-corrected chi connectivity index (χ4v) is 4.11. The molecular weight excluding hydrogens is 334 g/mol. The second-order valence-electron chi connectivity index (χ2n) is 7.00. The molecule has 3 heterocycles. The molecule has 4 rings (SSSR count). The zero-order chi connectivity index (χ0) is 17.2. The molecule has 0 N–H and O–H groups in total. The van der Waals surface area contributed by atoms with Gasteiger partial charge in [-0.2, -0.15) is 0 Å². The van der Waals surface area contributed by atoms with Gasteiger partial charge < -0.3 is 4.90 Å². The summed E-state index contributed by atoms with van der Waals surface area (Å²) in [5.74, 6) is 2.24. The molecule has 6 nitrogen and oxygen atoms in total. The SMILES string of the molecule is CC1CCN(C(=O)CSc2nnc(-c3cccnc3)n2C2CC2)CC1. The van der Waals surface area contributed by atoms with Gasteiger partial charge in [-0.1, -0.05) is 18.7 Å². The Morgan fingerprint density at radius 3 is 2.72 bits per heavy atom. The summed E-state index contributed by atoms with van der Waals surface area (Å²) in [6, 6.07) is 4.37. The van der Waals surface area contributed by atoms with Gasteiger partial charge >= 0.3 is 0 Å². The standard InChI is InChI=1S/C18H23N5OS/c1-13-6-9-22(10-7-13)16(24)12-25-18-21-20-17(23(18)15-4-5-15)14-3-2-8-19-11-14/h2-3,8,11,13,15H,4-7,9-10,12H2,1H3. The molecule has 132 valence electrons. The van der Waals surface area contributed by atoms with Gasteiger partial charge in [0.25, 0.3) is 0 Å². The summed E-state index contributed by atoms with van der Waals surface area (Å²) in [6.07, 6.45) is 8.10. The maximum atomic E-state index is 12.5. The van der Waals surface area contributed by atoms with Crippen molar-refractivity contribution in [3.8, 4) is 11.4 Å². The van der Waals surface area contributed by atoms with Crippen molar-refractivity contribution in [3.05, 3.63) is 24.5 Å². The number of hydrogen-bond acceptors (Lipinski definition) is 5. The first-order chi connectivity index (χ1) is 12.2. The minimum atomic E-state index is 0.213. The zero-order valence-corrected chi connectivity index (χ0v) is 15.3. The van der Waals surface area contributed by atoms with Gasteiger partial charge in [0.15, 0.2) is 11.0 Å². The van der Waals surface area contributed by atoms with Crippen LogP contribution in [0.2, 0.25) is 0 Å². The molecule has 2 fully saturated rings. The van der Waals surface area contributed by atoms with Crippen LogP contribution in [0.25, 0.3) is 11.4 Å². The van der Waals surface area contributed by atoms with E-state index in [0.717, 1.165) is 61.2 Å². The number of likely N-dealkylation sites (tertiary alicyclic amines) is 1. The zero-order valence-electron chi connectivity index (χ0n) is 14.5. The Balaban J connectivity index is 1.46. The number of amides is 1. The van der Waals surface area contributed by atoms with Crippen molar-refractivity contribution in [1.82, 2.24) is 24.6 Å². The maximum absolute atomic E-state index is 12.5. The van der Waals surface area contributed by atoms with Gasteiger partial charge in [0.2, 0.25) is 5.91 Å². The number of carbonyl (C=O) groups excluding carboxylic acids is 1. The van der Waals surface area contributed by atoms with E-state index in [0.29, 0.717) is 11.8 Å². The number of hydrogen-bond donors (Lipinski definition) is 0. The number of pyridine rings is 1. The van der Waals surface area contributed by atoms with Crippen LogP contribution in [-0.4, -0.2) is 49.4 Å². The molecule has 0 unspecified atom stereocenters. The highest BCUT2D eigenvalue weighted by atomic mass is 32.2. The Morgan fingerprint density at radius 2 is 2.04 bits per heavy atom. The topological polar surface area (TPSA) is 63.9 Å². The molecule has 0 atom stereocenters. The number of thioether (sulfide) groups is 1. The van der Waals surface area contributed by atoms with Gasteiger partial charge in [0.1, 0.15) is 0 Å². The predicted molar refractivity (Wildman–Crippen MR) is 97.2 cm³/mol. The fourth-order valence-electron chi connectivity index (χ4n) is 3.20. The van der Waals surface area contributed by atoms with Crippen molar-refractivity contribution in [2.75, 3.05) is 18.8 Å². The van der Waals surface area contributed by atoms with E-state index in [4.69, 9.17) is 0 Å². The summed E-state index contributed by atoms with van der Waals surface area (Å²) in [5, 5.41) is 9.58. The molecular formula is C18H23N5OS. The van der Waals surface area contributed by atoms with Gasteiger partial charge in [-0.15, -0.1) is 10.2 Å². The highest BCUT2D eigenvalue weighted by molar-refractivity contribution is 7.99.